The molecule has 0 saturated heterocycles. The van der Waals surface area contributed by atoms with E-state index in [9.17, 15) is 13.5 Å². The number of hydrogen-bond acceptors (Lipinski definition) is 4. The van der Waals surface area contributed by atoms with Gasteiger partial charge in [0.2, 0.25) is 0 Å². The van der Waals surface area contributed by atoms with E-state index in [-0.39, 0.29) is 18.1 Å². The molecule has 5 heteroatoms. The smallest absolute Gasteiger partial charge is 0.175 e. The van der Waals surface area contributed by atoms with Crippen molar-refractivity contribution >= 4 is 9.84 Å². The van der Waals surface area contributed by atoms with Gasteiger partial charge in [0.25, 0.3) is 0 Å². The third-order valence-corrected chi connectivity index (χ3v) is 4.87. The van der Waals surface area contributed by atoms with Crippen LogP contribution in [0, 0.1) is 5.92 Å². The maximum atomic E-state index is 11.4. The van der Waals surface area contributed by atoms with Gasteiger partial charge >= 0.3 is 0 Å². The average Bonchev–Trinajstić information content (AvgIpc) is 2.42. The summed E-state index contributed by atoms with van der Waals surface area (Å²) in [4.78, 5) is 0.327. The van der Waals surface area contributed by atoms with E-state index < -0.39 is 9.84 Å². The number of aliphatic hydroxyl groups excluding tert-OH is 1. The van der Waals surface area contributed by atoms with Crippen LogP contribution >= 0.6 is 0 Å². The van der Waals surface area contributed by atoms with Gasteiger partial charge < -0.3 is 10.4 Å². The molecule has 4 nitrogen and oxygen atoms in total. The number of aliphatic hydroxyl groups is 1. The molecule has 20 heavy (non-hydrogen) atoms. The first-order valence-electron chi connectivity index (χ1n) is 6.97. The lowest BCUT2D eigenvalue weighted by Gasteiger charge is -2.21. The van der Waals surface area contributed by atoms with Crippen molar-refractivity contribution < 1.29 is 13.5 Å². The maximum Gasteiger partial charge on any atom is 0.175 e. The van der Waals surface area contributed by atoms with Crippen molar-refractivity contribution in [2.45, 2.75) is 44.2 Å². The van der Waals surface area contributed by atoms with Gasteiger partial charge in [0.15, 0.2) is 9.84 Å². The number of sulfone groups is 1. The topological polar surface area (TPSA) is 66.4 Å². The lowest BCUT2D eigenvalue weighted by atomic mass is 10.0. The standard InChI is InChI=1S/C15H25NO3S/c1-5-11(2)15(17)10-16-12(3)13-6-8-14(9-7-13)20(4,18)19/h6-9,11-12,15-17H,5,10H2,1-4H3. The van der Waals surface area contributed by atoms with Crippen LogP contribution in [0.4, 0.5) is 0 Å². The molecule has 0 radical (unpaired) electrons. The Hall–Kier alpha value is -0.910. The van der Waals surface area contributed by atoms with Crippen LogP contribution in [0.1, 0.15) is 38.8 Å². The van der Waals surface area contributed by atoms with Crippen LogP contribution in [0.3, 0.4) is 0 Å². The summed E-state index contributed by atoms with van der Waals surface area (Å²) >= 11 is 0. The second kappa shape index (κ2) is 7.20. The zero-order valence-corrected chi connectivity index (χ0v) is 13.4. The Morgan fingerprint density at radius 3 is 2.20 bits per heavy atom. The van der Waals surface area contributed by atoms with Crippen molar-refractivity contribution in [2.24, 2.45) is 5.92 Å². The first-order valence-corrected chi connectivity index (χ1v) is 8.86. The number of rotatable bonds is 7. The molecule has 0 heterocycles. The SMILES string of the molecule is CCC(C)C(O)CNC(C)c1ccc(S(C)(=O)=O)cc1. The van der Waals surface area contributed by atoms with Crippen molar-refractivity contribution in [3.63, 3.8) is 0 Å². The van der Waals surface area contributed by atoms with Crippen LogP contribution in [-0.4, -0.2) is 32.4 Å². The molecule has 3 unspecified atom stereocenters. The second-order valence-corrected chi connectivity index (χ2v) is 7.44. The Balaban J connectivity index is 2.62. The molecule has 0 spiro atoms. The minimum absolute atomic E-state index is 0.0716. The minimum Gasteiger partial charge on any atom is -0.392 e. The summed E-state index contributed by atoms with van der Waals surface area (Å²) in [6.45, 7) is 6.61. The van der Waals surface area contributed by atoms with Crippen molar-refractivity contribution in [2.75, 3.05) is 12.8 Å². The minimum atomic E-state index is -3.15. The van der Waals surface area contributed by atoms with E-state index in [2.05, 4.69) is 12.2 Å². The van der Waals surface area contributed by atoms with E-state index in [4.69, 9.17) is 0 Å². The first-order chi connectivity index (χ1) is 9.25. The molecule has 1 aromatic rings. The van der Waals surface area contributed by atoms with Crippen molar-refractivity contribution in [1.29, 1.82) is 0 Å². The molecule has 0 aliphatic rings. The third-order valence-electron chi connectivity index (χ3n) is 3.74. The summed E-state index contributed by atoms with van der Waals surface area (Å²) in [5.74, 6) is 0.266. The number of hydrogen-bond donors (Lipinski definition) is 2. The van der Waals surface area contributed by atoms with E-state index in [1.165, 1.54) is 6.26 Å². The number of nitrogens with one attached hydrogen (secondary N) is 1. The van der Waals surface area contributed by atoms with Gasteiger partial charge in [0, 0.05) is 18.8 Å². The Morgan fingerprint density at radius 1 is 1.20 bits per heavy atom. The predicted molar refractivity (Wildman–Crippen MR) is 81.4 cm³/mol. The van der Waals surface area contributed by atoms with Gasteiger partial charge in [-0.25, -0.2) is 8.42 Å². The predicted octanol–water partition coefficient (Wildman–Crippen LogP) is 2.15. The van der Waals surface area contributed by atoms with E-state index in [1.54, 1.807) is 12.1 Å². The zero-order valence-electron chi connectivity index (χ0n) is 12.6. The highest BCUT2D eigenvalue weighted by Gasteiger charge is 2.14. The highest BCUT2D eigenvalue weighted by atomic mass is 32.2. The fourth-order valence-corrected chi connectivity index (χ4v) is 2.52. The highest BCUT2D eigenvalue weighted by Crippen LogP contribution is 2.16. The Kier molecular flexibility index (Phi) is 6.17. The second-order valence-electron chi connectivity index (χ2n) is 5.42. The first kappa shape index (κ1) is 17.1. The molecule has 1 rings (SSSR count). The quantitative estimate of drug-likeness (QED) is 0.809. The van der Waals surface area contributed by atoms with Crippen LogP contribution in [-0.2, 0) is 9.84 Å². The molecule has 0 aliphatic carbocycles. The van der Waals surface area contributed by atoms with Gasteiger partial charge in [-0.3, -0.25) is 0 Å². The molecule has 0 aliphatic heterocycles. The molecular formula is C15H25NO3S. The molecule has 3 atom stereocenters. The molecule has 0 fully saturated rings. The Bertz CT molecular complexity index is 510. The van der Waals surface area contributed by atoms with Gasteiger partial charge in [0.05, 0.1) is 11.0 Å². The Labute approximate surface area is 122 Å². The van der Waals surface area contributed by atoms with Gasteiger partial charge in [-0.1, -0.05) is 32.4 Å². The number of benzene rings is 1. The molecule has 0 amide bonds. The van der Waals surface area contributed by atoms with E-state index in [0.29, 0.717) is 11.4 Å². The molecule has 2 N–H and O–H groups in total. The molecule has 0 aromatic heterocycles. The third kappa shape index (κ3) is 4.89. The van der Waals surface area contributed by atoms with Crippen LogP contribution < -0.4 is 5.32 Å². The summed E-state index contributed by atoms with van der Waals surface area (Å²) in [6, 6.07) is 6.93. The van der Waals surface area contributed by atoms with Gasteiger partial charge in [-0.2, -0.15) is 0 Å². The summed E-state index contributed by atoms with van der Waals surface area (Å²) < 4.78 is 22.8. The van der Waals surface area contributed by atoms with E-state index >= 15 is 0 Å². The van der Waals surface area contributed by atoms with E-state index in [0.717, 1.165) is 12.0 Å². The van der Waals surface area contributed by atoms with Gasteiger partial charge in [0.1, 0.15) is 0 Å². The average molecular weight is 299 g/mol. The largest absolute Gasteiger partial charge is 0.392 e. The summed E-state index contributed by atoms with van der Waals surface area (Å²) in [6.07, 6.45) is 1.78. The highest BCUT2D eigenvalue weighted by molar-refractivity contribution is 7.90. The maximum absolute atomic E-state index is 11.4. The fraction of sp³-hybridized carbons (Fsp3) is 0.600. The van der Waals surface area contributed by atoms with Crippen molar-refractivity contribution in [3.8, 4) is 0 Å². The van der Waals surface area contributed by atoms with Gasteiger partial charge in [-0.15, -0.1) is 0 Å². The normalized spacial score (nSPS) is 16.6. The van der Waals surface area contributed by atoms with Crippen LogP contribution in [0.25, 0.3) is 0 Å². The lowest BCUT2D eigenvalue weighted by molar-refractivity contribution is 0.110. The lowest BCUT2D eigenvalue weighted by Crippen LogP contribution is -2.33. The molecule has 0 bridgehead atoms. The fourth-order valence-electron chi connectivity index (χ4n) is 1.89. The summed E-state index contributed by atoms with van der Waals surface area (Å²) in [7, 11) is -3.15. The van der Waals surface area contributed by atoms with Crippen LogP contribution in [0.2, 0.25) is 0 Å². The molecular weight excluding hydrogens is 274 g/mol. The van der Waals surface area contributed by atoms with Crippen molar-refractivity contribution in [3.05, 3.63) is 29.8 Å². The van der Waals surface area contributed by atoms with Crippen LogP contribution in [0.5, 0.6) is 0 Å². The molecule has 0 saturated carbocycles. The van der Waals surface area contributed by atoms with Crippen LogP contribution in [0.15, 0.2) is 29.2 Å². The monoisotopic (exact) mass is 299 g/mol. The summed E-state index contributed by atoms with van der Waals surface area (Å²) in [5, 5.41) is 13.2. The van der Waals surface area contributed by atoms with Gasteiger partial charge in [-0.05, 0) is 30.5 Å². The van der Waals surface area contributed by atoms with E-state index in [1.807, 2.05) is 26.0 Å². The Morgan fingerprint density at radius 2 is 1.75 bits per heavy atom. The zero-order chi connectivity index (χ0) is 15.3. The molecule has 1 aromatic carbocycles. The van der Waals surface area contributed by atoms with Crippen molar-refractivity contribution in [1.82, 2.24) is 5.32 Å². The molecule has 114 valence electrons. The summed E-state index contributed by atoms with van der Waals surface area (Å²) in [5.41, 5.74) is 1.01.